The van der Waals surface area contributed by atoms with Gasteiger partial charge in [0.25, 0.3) is 5.91 Å². The second kappa shape index (κ2) is 8.77. The summed E-state index contributed by atoms with van der Waals surface area (Å²) in [4.78, 5) is 16.8. The summed E-state index contributed by atoms with van der Waals surface area (Å²) in [5.74, 6) is -0.106. The van der Waals surface area contributed by atoms with Crippen LogP contribution in [-0.2, 0) is 16.0 Å². The second-order valence-corrected chi connectivity index (χ2v) is 9.64. The van der Waals surface area contributed by atoms with E-state index in [0.29, 0.717) is 49.4 Å². The van der Waals surface area contributed by atoms with Gasteiger partial charge in [0.2, 0.25) is 0 Å². The number of rotatable bonds is 5. The Balaban J connectivity index is 1.72. The highest BCUT2D eigenvalue weighted by molar-refractivity contribution is 7.90. The highest BCUT2D eigenvalue weighted by Gasteiger charge is 2.30. The van der Waals surface area contributed by atoms with Gasteiger partial charge in [0.05, 0.1) is 11.3 Å². The van der Waals surface area contributed by atoms with Crippen LogP contribution in [-0.4, -0.2) is 68.9 Å². The van der Waals surface area contributed by atoms with Gasteiger partial charge in [0.15, 0.2) is 0 Å². The molecule has 1 aliphatic rings. The highest BCUT2D eigenvalue weighted by Crippen LogP contribution is 2.32. The van der Waals surface area contributed by atoms with Gasteiger partial charge in [-0.05, 0) is 29.3 Å². The van der Waals surface area contributed by atoms with E-state index in [1.807, 2.05) is 4.90 Å². The van der Waals surface area contributed by atoms with E-state index in [9.17, 15) is 26.4 Å². The van der Waals surface area contributed by atoms with Gasteiger partial charge in [-0.2, -0.15) is 13.2 Å². The van der Waals surface area contributed by atoms with Gasteiger partial charge in [0, 0.05) is 44.5 Å². The molecule has 0 aliphatic carbocycles. The molecular weight excluding hydrogens is 417 g/mol. The number of halogens is 3. The van der Waals surface area contributed by atoms with Crippen LogP contribution in [0.15, 0.2) is 48.5 Å². The van der Waals surface area contributed by atoms with E-state index in [1.165, 1.54) is 18.4 Å². The lowest BCUT2D eigenvalue weighted by atomic mass is 9.97. The summed E-state index contributed by atoms with van der Waals surface area (Å²) in [7, 11) is -3.04. The van der Waals surface area contributed by atoms with Crippen LogP contribution in [0.2, 0.25) is 0 Å². The minimum atomic E-state index is -4.41. The zero-order chi connectivity index (χ0) is 21.9. The molecule has 0 radical (unpaired) electrons. The maximum absolute atomic E-state index is 13.1. The molecule has 0 spiro atoms. The van der Waals surface area contributed by atoms with Crippen molar-refractivity contribution in [3.63, 3.8) is 0 Å². The first kappa shape index (κ1) is 22.3. The minimum absolute atomic E-state index is 0.0811. The number of sulfone groups is 1. The molecule has 1 amide bonds. The largest absolute Gasteiger partial charge is 0.416 e. The predicted molar refractivity (Wildman–Crippen MR) is 109 cm³/mol. The molecule has 0 N–H and O–H groups in total. The van der Waals surface area contributed by atoms with E-state index in [0.717, 1.165) is 12.1 Å². The molecule has 1 aliphatic heterocycles. The van der Waals surface area contributed by atoms with Crippen LogP contribution < -0.4 is 0 Å². The Kier molecular flexibility index (Phi) is 6.52. The average molecular weight is 440 g/mol. The summed E-state index contributed by atoms with van der Waals surface area (Å²) in [6.07, 6.45) is -3.21. The van der Waals surface area contributed by atoms with Crippen molar-refractivity contribution >= 4 is 15.7 Å². The van der Waals surface area contributed by atoms with E-state index < -0.39 is 21.6 Å². The fraction of sp³-hybridized carbons (Fsp3) is 0.381. The molecule has 3 rings (SSSR count). The second-order valence-electron chi connectivity index (χ2n) is 7.38. The van der Waals surface area contributed by atoms with Gasteiger partial charge in [-0.1, -0.05) is 30.3 Å². The van der Waals surface area contributed by atoms with Gasteiger partial charge >= 0.3 is 6.18 Å². The Morgan fingerprint density at radius 1 is 0.967 bits per heavy atom. The lowest BCUT2D eigenvalue weighted by Crippen LogP contribution is -2.49. The SMILES string of the molecule is CS(=O)(=O)CCN1CCN(C(=O)c2ccccc2-c2ccc(C(F)(F)F)cc2)CC1. The number of carbonyl (C=O) groups is 1. The number of amides is 1. The van der Waals surface area contributed by atoms with Crippen molar-refractivity contribution in [3.8, 4) is 11.1 Å². The molecule has 2 aromatic rings. The van der Waals surface area contributed by atoms with Crippen LogP contribution in [0, 0.1) is 0 Å². The summed E-state index contributed by atoms with van der Waals surface area (Å²) in [5, 5.41) is 0. The molecule has 0 unspecified atom stereocenters. The van der Waals surface area contributed by atoms with Gasteiger partial charge < -0.3 is 4.90 Å². The molecule has 1 saturated heterocycles. The van der Waals surface area contributed by atoms with Crippen LogP contribution in [0.1, 0.15) is 15.9 Å². The van der Waals surface area contributed by atoms with Crippen molar-refractivity contribution in [2.45, 2.75) is 6.18 Å². The van der Waals surface area contributed by atoms with Crippen molar-refractivity contribution in [1.82, 2.24) is 9.80 Å². The molecule has 1 heterocycles. The van der Waals surface area contributed by atoms with E-state index in [4.69, 9.17) is 0 Å². The molecule has 162 valence electrons. The van der Waals surface area contributed by atoms with Crippen LogP contribution in [0.25, 0.3) is 11.1 Å². The highest BCUT2D eigenvalue weighted by atomic mass is 32.2. The number of piperazine rings is 1. The average Bonchev–Trinajstić information content (AvgIpc) is 2.71. The van der Waals surface area contributed by atoms with E-state index >= 15 is 0 Å². The summed E-state index contributed by atoms with van der Waals surface area (Å²) in [6.45, 7) is 2.50. The molecule has 30 heavy (non-hydrogen) atoms. The minimum Gasteiger partial charge on any atom is -0.336 e. The zero-order valence-corrected chi connectivity index (χ0v) is 17.3. The normalized spacial score (nSPS) is 15.9. The number of hydrogen-bond acceptors (Lipinski definition) is 4. The van der Waals surface area contributed by atoms with Crippen molar-refractivity contribution in [1.29, 1.82) is 0 Å². The molecule has 9 heteroatoms. The Labute approximate surface area is 174 Å². The number of carbonyl (C=O) groups excluding carboxylic acids is 1. The molecule has 0 bridgehead atoms. The van der Waals surface area contributed by atoms with Gasteiger partial charge in [-0.3, -0.25) is 9.69 Å². The maximum Gasteiger partial charge on any atom is 0.416 e. The first-order valence-corrected chi connectivity index (χ1v) is 11.6. The lowest BCUT2D eigenvalue weighted by Gasteiger charge is -2.35. The van der Waals surface area contributed by atoms with Crippen molar-refractivity contribution < 1.29 is 26.4 Å². The smallest absolute Gasteiger partial charge is 0.336 e. The van der Waals surface area contributed by atoms with E-state index in [-0.39, 0.29) is 11.7 Å². The Hall–Kier alpha value is -2.39. The molecule has 1 fully saturated rings. The molecular formula is C21H23F3N2O3S. The number of benzene rings is 2. The van der Waals surface area contributed by atoms with E-state index in [1.54, 1.807) is 29.2 Å². The fourth-order valence-electron chi connectivity index (χ4n) is 3.40. The summed E-state index contributed by atoms with van der Waals surface area (Å²) >= 11 is 0. The molecule has 0 atom stereocenters. The van der Waals surface area contributed by atoms with Crippen molar-refractivity contribution in [2.75, 3.05) is 44.7 Å². The monoisotopic (exact) mass is 440 g/mol. The number of nitrogens with zero attached hydrogens (tertiary/aromatic N) is 2. The van der Waals surface area contributed by atoms with Crippen molar-refractivity contribution in [3.05, 3.63) is 59.7 Å². The third kappa shape index (κ3) is 5.60. The van der Waals surface area contributed by atoms with Crippen LogP contribution >= 0.6 is 0 Å². The molecule has 5 nitrogen and oxygen atoms in total. The summed E-state index contributed by atoms with van der Waals surface area (Å²) in [5.41, 5.74) is 0.816. The third-order valence-corrected chi connectivity index (χ3v) is 6.04. The predicted octanol–water partition coefficient (Wildman–Crippen LogP) is 3.17. The first-order chi connectivity index (χ1) is 14.0. The van der Waals surface area contributed by atoms with E-state index in [2.05, 4.69) is 0 Å². The topological polar surface area (TPSA) is 57.7 Å². The lowest BCUT2D eigenvalue weighted by molar-refractivity contribution is -0.137. The Morgan fingerprint density at radius 3 is 2.13 bits per heavy atom. The van der Waals surface area contributed by atoms with Crippen LogP contribution in [0.4, 0.5) is 13.2 Å². The van der Waals surface area contributed by atoms with Crippen molar-refractivity contribution in [2.24, 2.45) is 0 Å². The van der Waals surface area contributed by atoms with Gasteiger partial charge in [-0.25, -0.2) is 8.42 Å². The van der Waals surface area contributed by atoms with Crippen LogP contribution in [0.3, 0.4) is 0 Å². The first-order valence-electron chi connectivity index (χ1n) is 9.50. The fourth-order valence-corrected chi connectivity index (χ4v) is 3.99. The molecule has 0 aromatic heterocycles. The molecule has 2 aromatic carbocycles. The summed E-state index contributed by atoms with van der Waals surface area (Å²) in [6, 6.07) is 11.6. The third-order valence-electron chi connectivity index (χ3n) is 5.12. The quantitative estimate of drug-likeness (QED) is 0.717. The molecule has 0 saturated carbocycles. The maximum atomic E-state index is 13.1. The Bertz CT molecular complexity index is 997. The van der Waals surface area contributed by atoms with Gasteiger partial charge in [0.1, 0.15) is 9.84 Å². The summed E-state index contributed by atoms with van der Waals surface area (Å²) < 4.78 is 61.1. The standard InChI is InChI=1S/C21H23F3N2O3S/c1-30(28,29)15-14-25-10-12-26(13-11-25)20(27)19-5-3-2-4-18(19)16-6-8-17(9-7-16)21(22,23)24/h2-9H,10-15H2,1H3. The van der Waals surface area contributed by atoms with Crippen LogP contribution in [0.5, 0.6) is 0 Å². The number of hydrogen-bond donors (Lipinski definition) is 0. The Morgan fingerprint density at radius 2 is 1.57 bits per heavy atom. The number of alkyl halides is 3. The van der Waals surface area contributed by atoms with Gasteiger partial charge in [-0.15, -0.1) is 0 Å². The zero-order valence-electron chi connectivity index (χ0n) is 16.5.